The Morgan fingerprint density at radius 3 is 2.69 bits per heavy atom. The average Bonchev–Trinajstić information content (AvgIpc) is 3.22. The third-order valence-electron chi connectivity index (χ3n) is 6.62. The van der Waals surface area contributed by atoms with Gasteiger partial charge in [0.05, 0.1) is 23.4 Å². The highest BCUT2D eigenvalue weighted by atomic mass is 32.1. The van der Waals surface area contributed by atoms with Gasteiger partial charge in [-0.25, -0.2) is 4.99 Å². The van der Waals surface area contributed by atoms with Crippen LogP contribution in [-0.4, -0.2) is 11.7 Å². The van der Waals surface area contributed by atoms with E-state index >= 15 is 0 Å². The van der Waals surface area contributed by atoms with E-state index < -0.39 is 0 Å². The number of rotatable bonds is 4. The number of thiazole rings is 1. The van der Waals surface area contributed by atoms with Crippen molar-refractivity contribution < 1.29 is 4.74 Å². The van der Waals surface area contributed by atoms with Crippen molar-refractivity contribution in [2.24, 2.45) is 4.99 Å². The van der Waals surface area contributed by atoms with Crippen LogP contribution in [0, 0.1) is 0 Å². The molecule has 5 heteroatoms. The number of allylic oxidation sites excluding steroid dienone is 2. The van der Waals surface area contributed by atoms with Gasteiger partial charge in [-0.05, 0) is 53.3 Å². The zero-order chi connectivity index (χ0) is 23.8. The molecule has 4 aromatic rings. The molecule has 1 atom stereocenters. The van der Waals surface area contributed by atoms with Crippen molar-refractivity contribution in [3.8, 4) is 5.75 Å². The number of ether oxygens (including phenoxy) is 1. The van der Waals surface area contributed by atoms with Crippen molar-refractivity contribution in [3.63, 3.8) is 0 Å². The van der Waals surface area contributed by atoms with E-state index in [1.54, 1.807) is 7.11 Å². The predicted octanol–water partition coefficient (Wildman–Crippen LogP) is 4.99. The second kappa shape index (κ2) is 9.01. The first kappa shape index (κ1) is 21.6. The molecule has 1 aliphatic heterocycles. The predicted molar refractivity (Wildman–Crippen MR) is 142 cm³/mol. The van der Waals surface area contributed by atoms with E-state index in [1.165, 1.54) is 28.0 Å². The smallest absolute Gasteiger partial charge is 0.271 e. The van der Waals surface area contributed by atoms with Crippen molar-refractivity contribution in [3.05, 3.63) is 132 Å². The first-order chi connectivity index (χ1) is 17.2. The van der Waals surface area contributed by atoms with Crippen molar-refractivity contribution in [1.82, 2.24) is 4.57 Å². The van der Waals surface area contributed by atoms with E-state index in [2.05, 4.69) is 30.3 Å². The molecule has 0 fully saturated rings. The lowest BCUT2D eigenvalue weighted by atomic mass is 9.83. The Morgan fingerprint density at radius 1 is 1.00 bits per heavy atom. The minimum Gasteiger partial charge on any atom is -0.497 e. The van der Waals surface area contributed by atoms with Gasteiger partial charge in [-0.15, -0.1) is 0 Å². The maximum absolute atomic E-state index is 13.7. The normalized spacial score (nSPS) is 17.1. The van der Waals surface area contributed by atoms with Crippen LogP contribution >= 0.6 is 11.3 Å². The third-order valence-corrected chi connectivity index (χ3v) is 7.62. The summed E-state index contributed by atoms with van der Waals surface area (Å²) in [4.78, 5) is 19.5. The van der Waals surface area contributed by atoms with E-state index in [9.17, 15) is 4.79 Å². The minimum atomic E-state index is -0.204. The molecule has 0 spiro atoms. The summed E-state index contributed by atoms with van der Waals surface area (Å²) in [6.45, 7) is 0. The van der Waals surface area contributed by atoms with Gasteiger partial charge in [-0.3, -0.25) is 9.36 Å². The van der Waals surface area contributed by atoms with Gasteiger partial charge in [-0.1, -0.05) is 90.2 Å². The maximum Gasteiger partial charge on any atom is 0.271 e. The van der Waals surface area contributed by atoms with E-state index in [1.807, 2.05) is 71.3 Å². The molecule has 0 amide bonds. The van der Waals surface area contributed by atoms with E-state index in [-0.39, 0.29) is 11.6 Å². The summed E-state index contributed by atoms with van der Waals surface area (Å²) in [5.41, 5.74) is 6.80. The number of hydrogen-bond acceptors (Lipinski definition) is 4. The van der Waals surface area contributed by atoms with Crippen LogP contribution in [0.5, 0.6) is 5.75 Å². The lowest BCUT2D eigenvalue weighted by Crippen LogP contribution is -2.38. The van der Waals surface area contributed by atoms with Crippen LogP contribution in [0.15, 0.2) is 100 Å². The van der Waals surface area contributed by atoms with Crippen LogP contribution in [-0.2, 0) is 6.42 Å². The number of hydrogen-bond donors (Lipinski definition) is 0. The summed E-state index contributed by atoms with van der Waals surface area (Å²) in [5.74, 6) is 0.783. The van der Waals surface area contributed by atoms with Crippen LogP contribution in [0.4, 0.5) is 0 Å². The lowest BCUT2D eigenvalue weighted by Gasteiger charge is -2.31. The standard InChI is InChI=1S/C30H24N2O2S/c1-34-23-14-8-13-22(19-23)28-25-18-17-21-12-5-6-15-24(21)27(25)31-30-32(28)29(33)26(35-30)16-7-11-20-9-3-2-4-10-20/h2-16,19,28H,17-18H2,1H3/b11-7+,26-16-/t28-/m0/s1. The van der Waals surface area contributed by atoms with Gasteiger partial charge in [0.15, 0.2) is 4.80 Å². The molecule has 0 saturated heterocycles. The minimum absolute atomic E-state index is 0.00955. The molecule has 0 unspecified atom stereocenters. The first-order valence-corrected chi connectivity index (χ1v) is 12.5. The monoisotopic (exact) mass is 476 g/mol. The van der Waals surface area contributed by atoms with Crippen LogP contribution in [0.1, 0.15) is 34.7 Å². The number of aromatic nitrogens is 1. The maximum atomic E-state index is 13.7. The van der Waals surface area contributed by atoms with E-state index in [4.69, 9.17) is 9.73 Å². The molecular formula is C30H24N2O2S. The van der Waals surface area contributed by atoms with Gasteiger partial charge >= 0.3 is 0 Å². The molecule has 3 aromatic carbocycles. The second-order valence-corrected chi connectivity index (χ2v) is 9.69. The number of methoxy groups -OCH3 is 1. The molecule has 6 rings (SSSR count). The van der Waals surface area contributed by atoms with Crippen LogP contribution < -0.4 is 19.6 Å². The van der Waals surface area contributed by atoms with Gasteiger partial charge in [-0.2, -0.15) is 0 Å². The molecule has 35 heavy (non-hydrogen) atoms. The molecule has 0 N–H and O–H groups in total. The van der Waals surface area contributed by atoms with Gasteiger partial charge in [0.1, 0.15) is 5.75 Å². The van der Waals surface area contributed by atoms with Crippen molar-refractivity contribution in [2.75, 3.05) is 7.11 Å². The Morgan fingerprint density at radius 2 is 1.83 bits per heavy atom. The Hall–Kier alpha value is -3.96. The van der Waals surface area contributed by atoms with Crippen LogP contribution in [0.25, 0.3) is 17.8 Å². The molecule has 4 nitrogen and oxygen atoms in total. The average molecular weight is 477 g/mol. The number of benzene rings is 3. The molecule has 2 heterocycles. The third kappa shape index (κ3) is 3.88. The van der Waals surface area contributed by atoms with E-state index in [0.29, 0.717) is 4.53 Å². The number of nitrogens with zero attached hydrogens (tertiary/aromatic N) is 2. The fraction of sp³-hybridized carbons (Fsp3) is 0.133. The highest BCUT2D eigenvalue weighted by Gasteiger charge is 2.32. The van der Waals surface area contributed by atoms with E-state index in [0.717, 1.165) is 40.2 Å². The number of fused-ring (bicyclic) bond motifs is 3. The summed E-state index contributed by atoms with van der Waals surface area (Å²) < 4.78 is 8.06. The fourth-order valence-corrected chi connectivity index (χ4v) is 5.91. The van der Waals surface area contributed by atoms with Crippen molar-refractivity contribution in [1.29, 1.82) is 0 Å². The highest BCUT2D eigenvalue weighted by Crippen LogP contribution is 2.41. The molecular weight excluding hydrogens is 452 g/mol. The zero-order valence-corrected chi connectivity index (χ0v) is 20.2. The largest absolute Gasteiger partial charge is 0.497 e. The molecule has 1 aliphatic carbocycles. The SMILES string of the molecule is COc1cccc([C@H]2C3=C(N=c4s/c(=C\C=C\c5ccccc5)c(=O)n42)c2ccccc2CC3)c1. The molecule has 2 aliphatic rings. The Balaban J connectivity index is 1.55. The fourth-order valence-electron chi connectivity index (χ4n) is 4.96. The molecule has 0 saturated carbocycles. The summed E-state index contributed by atoms with van der Waals surface area (Å²) in [6, 6.07) is 26.4. The van der Waals surface area contributed by atoms with Crippen LogP contribution in [0.2, 0.25) is 0 Å². The Bertz CT molecular complexity index is 1660. The Kier molecular flexibility index (Phi) is 5.55. The summed E-state index contributed by atoms with van der Waals surface area (Å²) in [7, 11) is 1.67. The zero-order valence-electron chi connectivity index (χ0n) is 19.3. The van der Waals surface area contributed by atoms with Gasteiger partial charge in [0.25, 0.3) is 5.56 Å². The first-order valence-electron chi connectivity index (χ1n) is 11.7. The van der Waals surface area contributed by atoms with Gasteiger partial charge in [0, 0.05) is 5.56 Å². The highest BCUT2D eigenvalue weighted by molar-refractivity contribution is 7.07. The van der Waals surface area contributed by atoms with Crippen LogP contribution in [0.3, 0.4) is 0 Å². The molecule has 0 bridgehead atoms. The summed E-state index contributed by atoms with van der Waals surface area (Å²) in [6.07, 6.45) is 7.66. The lowest BCUT2D eigenvalue weighted by molar-refractivity contribution is 0.413. The Labute approximate surface area is 207 Å². The second-order valence-electron chi connectivity index (χ2n) is 8.68. The summed E-state index contributed by atoms with van der Waals surface area (Å²) in [5, 5.41) is 0. The van der Waals surface area contributed by atoms with Gasteiger partial charge < -0.3 is 4.74 Å². The van der Waals surface area contributed by atoms with Gasteiger partial charge in [0.2, 0.25) is 0 Å². The summed E-state index contributed by atoms with van der Waals surface area (Å²) >= 11 is 1.45. The molecule has 172 valence electrons. The number of aryl methyl sites for hydroxylation is 1. The molecule has 0 radical (unpaired) electrons. The van der Waals surface area contributed by atoms with Crippen molar-refractivity contribution in [2.45, 2.75) is 18.9 Å². The van der Waals surface area contributed by atoms with Crippen molar-refractivity contribution >= 4 is 29.2 Å². The topological polar surface area (TPSA) is 43.6 Å². The molecule has 1 aromatic heterocycles. The quantitative estimate of drug-likeness (QED) is 0.416.